The molecule has 2 rings (SSSR count). The second-order valence-corrected chi connectivity index (χ2v) is 4.51. The van der Waals surface area contributed by atoms with Crippen molar-refractivity contribution >= 4 is 41.1 Å². The lowest BCUT2D eigenvalue weighted by molar-refractivity contribution is 0.112. The zero-order chi connectivity index (χ0) is 12.4. The van der Waals surface area contributed by atoms with Crippen molar-refractivity contribution in [2.24, 2.45) is 0 Å². The van der Waals surface area contributed by atoms with Crippen LogP contribution in [0.4, 0.5) is 0 Å². The third kappa shape index (κ3) is 2.44. The Bertz CT molecular complexity index is 584. The van der Waals surface area contributed by atoms with Gasteiger partial charge in [-0.2, -0.15) is 0 Å². The molecule has 1 aromatic carbocycles. The maximum absolute atomic E-state index is 10.7. The molecular weight excluding hydrogens is 280 g/mol. The molecular formula is C12H6Cl3NO. The predicted molar refractivity (Wildman–Crippen MR) is 70.1 cm³/mol. The Morgan fingerprint density at radius 2 is 1.82 bits per heavy atom. The highest BCUT2D eigenvalue weighted by Gasteiger charge is 2.10. The quantitative estimate of drug-likeness (QED) is 0.600. The zero-order valence-electron chi connectivity index (χ0n) is 8.45. The first kappa shape index (κ1) is 12.4. The van der Waals surface area contributed by atoms with E-state index in [1.807, 2.05) is 0 Å². The summed E-state index contributed by atoms with van der Waals surface area (Å²) in [7, 11) is 0. The lowest BCUT2D eigenvalue weighted by Crippen LogP contribution is -1.87. The number of carbonyl (C=O) groups excluding carboxylic acids is 1. The van der Waals surface area contributed by atoms with E-state index < -0.39 is 0 Å². The summed E-state index contributed by atoms with van der Waals surface area (Å²) >= 11 is 17.9. The van der Waals surface area contributed by atoms with Crippen LogP contribution in [0.2, 0.25) is 15.1 Å². The first-order valence-corrected chi connectivity index (χ1v) is 5.81. The fourth-order valence-corrected chi connectivity index (χ4v) is 2.06. The topological polar surface area (TPSA) is 30.0 Å². The minimum atomic E-state index is 0.294. The lowest BCUT2D eigenvalue weighted by atomic mass is 10.1. The summed E-state index contributed by atoms with van der Waals surface area (Å²) in [6, 6.07) is 5.08. The molecule has 5 heteroatoms. The summed E-state index contributed by atoms with van der Waals surface area (Å²) in [5, 5.41) is 1.03. The Kier molecular flexibility index (Phi) is 3.67. The SMILES string of the molecule is O=Cc1cncc(-c2ccc(Cl)c(Cl)c2Cl)c1. The molecule has 2 aromatic rings. The summed E-state index contributed by atoms with van der Waals surface area (Å²) in [4.78, 5) is 14.6. The second kappa shape index (κ2) is 5.05. The van der Waals surface area contributed by atoms with E-state index >= 15 is 0 Å². The van der Waals surface area contributed by atoms with Crippen LogP contribution >= 0.6 is 34.8 Å². The van der Waals surface area contributed by atoms with Gasteiger partial charge in [0.25, 0.3) is 0 Å². The molecule has 0 saturated heterocycles. The number of hydrogen-bond donors (Lipinski definition) is 0. The summed E-state index contributed by atoms with van der Waals surface area (Å²) in [5.74, 6) is 0. The smallest absolute Gasteiger partial charge is 0.151 e. The van der Waals surface area contributed by atoms with Crippen molar-refractivity contribution in [3.05, 3.63) is 51.2 Å². The molecule has 0 aliphatic carbocycles. The fourth-order valence-electron chi connectivity index (χ4n) is 1.42. The van der Waals surface area contributed by atoms with Crippen molar-refractivity contribution < 1.29 is 4.79 Å². The minimum absolute atomic E-state index is 0.294. The monoisotopic (exact) mass is 285 g/mol. The fraction of sp³-hybridized carbons (Fsp3) is 0. The van der Waals surface area contributed by atoms with Gasteiger partial charge in [-0.15, -0.1) is 0 Å². The van der Waals surface area contributed by atoms with E-state index in [1.165, 1.54) is 6.20 Å². The molecule has 0 spiro atoms. The molecule has 0 aliphatic heterocycles. The minimum Gasteiger partial charge on any atom is -0.298 e. The molecule has 0 radical (unpaired) electrons. The van der Waals surface area contributed by atoms with Crippen molar-refractivity contribution in [3.63, 3.8) is 0 Å². The average Bonchev–Trinajstić information content (AvgIpc) is 2.36. The molecule has 0 atom stereocenters. The molecule has 86 valence electrons. The van der Waals surface area contributed by atoms with Gasteiger partial charge in [0.05, 0.1) is 15.1 Å². The van der Waals surface area contributed by atoms with Crippen molar-refractivity contribution in [1.29, 1.82) is 0 Å². The van der Waals surface area contributed by atoms with Gasteiger partial charge in [0.2, 0.25) is 0 Å². The molecule has 1 aromatic heterocycles. The van der Waals surface area contributed by atoms with Crippen LogP contribution < -0.4 is 0 Å². The molecule has 2 nitrogen and oxygen atoms in total. The third-order valence-corrected chi connectivity index (χ3v) is 3.54. The predicted octanol–water partition coefficient (Wildman–Crippen LogP) is 4.52. The van der Waals surface area contributed by atoms with Crippen LogP contribution in [0, 0.1) is 0 Å². The highest BCUT2D eigenvalue weighted by atomic mass is 35.5. The van der Waals surface area contributed by atoms with E-state index in [0.717, 1.165) is 11.8 Å². The van der Waals surface area contributed by atoms with E-state index in [-0.39, 0.29) is 0 Å². The Balaban J connectivity index is 2.60. The largest absolute Gasteiger partial charge is 0.298 e. The van der Waals surface area contributed by atoms with Crippen LogP contribution in [-0.4, -0.2) is 11.3 Å². The molecule has 17 heavy (non-hydrogen) atoms. The summed E-state index contributed by atoms with van der Waals surface area (Å²) in [6.45, 7) is 0. The van der Waals surface area contributed by atoms with E-state index in [4.69, 9.17) is 34.8 Å². The van der Waals surface area contributed by atoms with Gasteiger partial charge in [-0.3, -0.25) is 9.78 Å². The summed E-state index contributed by atoms with van der Waals surface area (Å²) in [5.41, 5.74) is 1.89. The molecule has 0 unspecified atom stereocenters. The van der Waals surface area contributed by atoms with Crippen LogP contribution in [0.25, 0.3) is 11.1 Å². The first-order chi connectivity index (χ1) is 8.13. The molecule has 0 saturated carbocycles. The van der Waals surface area contributed by atoms with E-state index in [0.29, 0.717) is 26.2 Å². The average molecular weight is 287 g/mol. The van der Waals surface area contributed by atoms with Gasteiger partial charge in [-0.25, -0.2) is 0 Å². The molecule has 0 bridgehead atoms. The van der Waals surface area contributed by atoms with Gasteiger partial charge in [-0.05, 0) is 12.1 Å². The Labute approximate surface area is 113 Å². The highest BCUT2D eigenvalue weighted by molar-refractivity contribution is 6.49. The second-order valence-electron chi connectivity index (χ2n) is 3.35. The molecule has 0 N–H and O–H groups in total. The highest BCUT2D eigenvalue weighted by Crippen LogP contribution is 2.37. The number of aromatic nitrogens is 1. The summed E-state index contributed by atoms with van der Waals surface area (Å²) in [6.07, 6.45) is 3.81. The van der Waals surface area contributed by atoms with Crippen molar-refractivity contribution in [1.82, 2.24) is 4.98 Å². The van der Waals surface area contributed by atoms with Gasteiger partial charge in [0, 0.05) is 29.1 Å². The maximum atomic E-state index is 10.7. The van der Waals surface area contributed by atoms with Gasteiger partial charge >= 0.3 is 0 Å². The number of halogens is 3. The number of rotatable bonds is 2. The molecule has 1 heterocycles. The molecule has 0 amide bonds. The van der Waals surface area contributed by atoms with Crippen molar-refractivity contribution in [3.8, 4) is 11.1 Å². The van der Waals surface area contributed by atoms with Gasteiger partial charge in [0.1, 0.15) is 0 Å². The van der Waals surface area contributed by atoms with Crippen LogP contribution in [0.1, 0.15) is 10.4 Å². The Hall–Kier alpha value is -1.09. The standard InChI is InChI=1S/C12H6Cl3NO/c13-10-2-1-9(11(14)12(10)15)8-3-7(6-17)4-16-5-8/h1-6H. The van der Waals surface area contributed by atoms with Gasteiger partial charge < -0.3 is 0 Å². The van der Waals surface area contributed by atoms with Crippen LogP contribution in [-0.2, 0) is 0 Å². The maximum Gasteiger partial charge on any atom is 0.151 e. The number of pyridine rings is 1. The number of nitrogens with zero attached hydrogens (tertiary/aromatic N) is 1. The summed E-state index contributed by atoms with van der Waals surface area (Å²) < 4.78 is 0. The number of benzene rings is 1. The van der Waals surface area contributed by atoms with E-state index in [2.05, 4.69) is 4.98 Å². The first-order valence-electron chi connectivity index (χ1n) is 4.67. The normalized spacial score (nSPS) is 10.3. The number of hydrogen-bond acceptors (Lipinski definition) is 2. The number of aldehydes is 1. The lowest BCUT2D eigenvalue weighted by Gasteiger charge is -2.07. The van der Waals surface area contributed by atoms with Gasteiger partial charge in [-0.1, -0.05) is 40.9 Å². The third-order valence-electron chi connectivity index (χ3n) is 2.24. The number of carbonyl (C=O) groups is 1. The molecule has 0 aliphatic rings. The Morgan fingerprint density at radius 1 is 1.06 bits per heavy atom. The zero-order valence-corrected chi connectivity index (χ0v) is 10.7. The van der Waals surface area contributed by atoms with Gasteiger partial charge in [0.15, 0.2) is 6.29 Å². The Morgan fingerprint density at radius 3 is 2.53 bits per heavy atom. The van der Waals surface area contributed by atoms with Crippen LogP contribution in [0.3, 0.4) is 0 Å². The van der Waals surface area contributed by atoms with E-state index in [1.54, 1.807) is 24.4 Å². The van der Waals surface area contributed by atoms with Crippen molar-refractivity contribution in [2.45, 2.75) is 0 Å². The van der Waals surface area contributed by atoms with E-state index in [9.17, 15) is 4.79 Å². The van der Waals surface area contributed by atoms with Crippen molar-refractivity contribution in [2.75, 3.05) is 0 Å². The molecule has 0 fully saturated rings. The van der Waals surface area contributed by atoms with Crippen LogP contribution in [0.5, 0.6) is 0 Å². The van der Waals surface area contributed by atoms with Crippen LogP contribution in [0.15, 0.2) is 30.6 Å².